The highest BCUT2D eigenvalue weighted by Crippen LogP contribution is 2.23. The van der Waals surface area contributed by atoms with E-state index >= 15 is 0 Å². The Morgan fingerprint density at radius 2 is 1.28 bits per heavy atom. The van der Waals surface area contributed by atoms with Crippen molar-refractivity contribution in [3.63, 3.8) is 0 Å². The average molecular weight is 397 g/mol. The normalized spacial score (nSPS) is 12.1. The molecule has 0 amide bonds. The van der Waals surface area contributed by atoms with Crippen LogP contribution in [-0.4, -0.2) is 19.3 Å². The molecule has 1 unspecified atom stereocenters. The number of benzene rings is 2. The van der Waals surface area contributed by atoms with Crippen LogP contribution in [0.4, 0.5) is 0 Å². The second-order valence-corrected chi connectivity index (χ2v) is 8.09. The molecule has 0 aliphatic carbocycles. The van der Waals surface area contributed by atoms with E-state index in [-0.39, 0.29) is 6.10 Å². The maximum absolute atomic E-state index is 5.86. The Morgan fingerprint density at radius 3 is 1.93 bits per heavy atom. The zero-order chi connectivity index (χ0) is 20.7. The maximum atomic E-state index is 5.86. The number of rotatable bonds is 15. The standard InChI is InChI=1S/C27H40O2/c1-4-6-8-9-10-11-12-24-13-15-25(16-14-24)26-17-19-27(20-18-26)29-22-23(3)28-21-7-5-2/h13-20,23H,4-12,21-22H2,1-3H3. The first-order chi connectivity index (χ1) is 14.2. The van der Waals surface area contributed by atoms with Crippen molar-refractivity contribution in [2.45, 2.75) is 84.7 Å². The molecule has 29 heavy (non-hydrogen) atoms. The molecule has 160 valence electrons. The zero-order valence-corrected chi connectivity index (χ0v) is 18.8. The third-order valence-corrected chi connectivity index (χ3v) is 5.35. The number of unbranched alkanes of at least 4 members (excludes halogenated alkanes) is 6. The Morgan fingerprint density at radius 1 is 0.690 bits per heavy atom. The van der Waals surface area contributed by atoms with Gasteiger partial charge in [-0.1, -0.05) is 88.8 Å². The Hall–Kier alpha value is -1.80. The topological polar surface area (TPSA) is 18.5 Å². The predicted octanol–water partition coefficient (Wildman–Crippen LogP) is 7.84. The van der Waals surface area contributed by atoms with Crippen molar-refractivity contribution >= 4 is 0 Å². The summed E-state index contributed by atoms with van der Waals surface area (Å²) in [6.45, 7) is 7.92. The van der Waals surface area contributed by atoms with E-state index in [0.29, 0.717) is 6.61 Å². The minimum absolute atomic E-state index is 0.125. The monoisotopic (exact) mass is 396 g/mol. The minimum atomic E-state index is 0.125. The van der Waals surface area contributed by atoms with E-state index in [0.717, 1.165) is 25.2 Å². The van der Waals surface area contributed by atoms with Crippen LogP contribution in [0.15, 0.2) is 48.5 Å². The lowest BCUT2D eigenvalue weighted by Gasteiger charge is -2.14. The van der Waals surface area contributed by atoms with Crippen molar-refractivity contribution in [3.05, 3.63) is 54.1 Å². The summed E-state index contributed by atoms with van der Waals surface area (Å²) in [5.41, 5.74) is 3.94. The van der Waals surface area contributed by atoms with Crippen LogP contribution in [-0.2, 0) is 11.2 Å². The second kappa shape index (κ2) is 14.2. The molecule has 2 nitrogen and oxygen atoms in total. The van der Waals surface area contributed by atoms with E-state index in [1.54, 1.807) is 0 Å². The van der Waals surface area contributed by atoms with Crippen LogP contribution in [0, 0.1) is 0 Å². The quantitative estimate of drug-likeness (QED) is 0.285. The highest BCUT2D eigenvalue weighted by molar-refractivity contribution is 5.64. The summed E-state index contributed by atoms with van der Waals surface area (Å²) in [5, 5.41) is 0. The molecule has 1 atom stereocenters. The van der Waals surface area contributed by atoms with Gasteiger partial charge in [0.2, 0.25) is 0 Å². The van der Waals surface area contributed by atoms with Gasteiger partial charge in [-0.25, -0.2) is 0 Å². The fourth-order valence-electron chi connectivity index (χ4n) is 3.41. The van der Waals surface area contributed by atoms with Gasteiger partial charge >= 0.3 is 0 Å². The molecule has 2 rings (SSSR count). The van der Waals surface area contributed by atoms with Gasteiger partial charge in [-0.15, -0.1) is 0 Å². The molecule has 0 saturated heterocycles. The molecule has 0 spiro atoms. The maximum Gasteiger partial charge on any atom is 0.119 e. The van der Waals surface area contributed by atoms with Crippen molar-refractivity contribution < 1.29 is 9.47 Å². The van der Waals surface area contributed by atoms with Crippen molar-refractivity contribution in [2.75, 3.05) is 13.2 Å². The number of aryl methyl sites for hydroxylation is 1. The van der Waals surface area contributed by atoms with Gasteiger partial charge in [-0.2, -0.15) is 0 Å². The highest BCUT2D eigenvalue weighted by Gasteiger charge is 2.04. The van der Waals surface area contributed by atoms with Crippen molar-refractivity contribution in [3.8, 4) is 16.9 Å². The molecule has 0 heterocycles. The second-order valence-electron chi connectivity index (χ2n) is 8.09. The van der Waals surface area contributed by atoms with E-state index in [4.69, 9.17) is 9.47 Å². The lowest BCUT2D eigenvalue weighted by molar-refractivity contribution is 0.0309. The molecular formula is C27H40O2. The molecule has 0 fully saturated rings. The molecule has 0 aliphatic rings. The molecular weight excluding hydrogens is 356 g/mol. The van der Waals surface area contributed by atoms with Crippen LogP contribution < -0.4 is 4.74 Å². The van der Waals surface area contributed by atoms with Crippen molar-refractivity contribution in [2.24, 2.45) is 0 Å². The summed E-state index contributed by atoms with van der Waals surface area (Å²) in [7, 11) is 0. The molecule has 0 aromatic heterocycles. The summed E-state index contributed by atoms with van der Waals surface area (Å²) in [6.07, 6.45) is 11.7. The Balaban J connectivity index is 1.74. The van der Waals surface area contributed by atoms with Crippen LogP contribution in [0.25, 0.3) is 11.1 Å². The first kappa shape index (κ1) is 23.5. The van der Waals surface area contributed by atoms with Gasteiger partial charge in [-0.3, -0.25) is 0 Å². The van der Waals surface area contributed by atoms with E-state index in [1.165, 1.54) is 61.6 Å². The summed E-state index contributed by atoms with van der Waals surface area (Å²) in [6, 6.07) is 17.4. The van der Waals surface area contributed by atoms with Crippen LogP contribution in [0.5, 0.6) is 5.75 Å². The fourth-order valence-corrected chi connectivity index (χ4v) is 3.41. The molecule has 2 heteroatoms. The first-order valence-electron chi connectivity index (χ1n) is 11.7. The van der Waals surface area contributed by atoms with Gasteiger partial charge in [0.15, 0.2) is 0 Å². The van der Waals surface area contributed by atoms with Crippen LogP contribution in [0.2, 0.25) is 0 Å². The SMILES string of the molecule is CCCCCCCCc1ccc(-c2ccc(OCC(C)OCCCC)cc2)cc1. The number of hydrogen-bond donors (Lipinski definition) is 0. The molecule has 2 aromatic carbocycles. The Kier molecular flexibility index (Phi) is 11.5. The molecule has 0 bridgehead atoms. The molecule has 0 N–H and O–H groups in total. The van der Waals surface area contributed by atoms with Gasteiger partial charge in [0.05, 0.1) is 6.10 Å². The van der Waals surface area contributed by atoms with E-state index in [2.05, 4.69) is 69.3 Å². The minimum Gasteiger partial charge on any atom is -0.491 e. The number of hydrogen-bond acceptors (Lipinski definition) is 2. The summed E-state index contributed by atoms with van der Waals surface area (Å²) in [4.78, 5) is 0. The van der Waals surface area contributed by atoms with Crippen LogP contribution in [0.3, 0.4) is 0 Å². The summed E-state index contributed by atoms with van der Waals surface area (Å²) >= 11 is 0. The smallest absolute Gasteiger partial charge is 0.119 e. The van der Waals surface area contributed by atoms with Gasteiger partial charge < -0.3 is 9.47 Å². The lowest BCUT2D eigenvalue weighted by Crippen LogP contribution is -2.18. The molecule has 0 aliphatic heterocycles. The van der Waals surface area contributed by atoms with Gasteiger partial charge in [0.25, 0.3) is 0 Å². The summed E-state index contributed by atoms with van der Waals surface area (Å²) < 4.78 is 11.6. The molecule has 2 aromatic rings. The zero-order valence-electron chi connectivity index (χ0n) is 18.8. The average Bonchev–Trinajstić information content (AvgIpc) is 2.76. The Labute approximate surface area is 178 Å². The lowest BCUT2D eigenvalue weighted by atomic mass is 10.0. The first-order valence-corrected chi connectivity index (χ1v) is 11.7. The number of ether oxygens (including phenoxy) is 2. The van der Waals surface area contributed by atoms with E-state index < -0.39 is 0 Å². The molecule has 0 saturated carbocycles. The third kappa shape index (κ3) is 9.49. The van der Waals surface area contributed by atoms with Crippen LogP contribution >= 0.6 is 0 Å². The third-order valence-electron chi connectivity index (χ3n) is 5.35. The summed E-state index contributed by atoms with van der Waals surface area (Å²) in [5.74, 6) is 0.902. The van der Waals surface area contributed by atoms with Crippen molar-refractivity contribution in [1.82, 2.24) is 0 Å². The largest absolute Gasteiger partial charge is 0.491 e. The van der Waals surface area contributed by atoms with Crippen molar-refractivity contribution in [1.29, 1.82) is 0 Å². The Bertz CT molecular complexity index is 645. The van der Waals surface area contributed by atoms with Gasteiger partial charge in [0.1, 0.15) is 12.4 Å². The van der Waals surface area contributed by atoms with Gasteiger partial charge in [-0.05, 0) is 55.0 Å². The van der Waals surface area contributed by atoms with E-state index in [1.807, 2.05) is 0 Å². The molecule has 0 radical (unpaired) electrons. The van der Waals surface area contributed by atoms with Crippen LogP contribution in [0.1, 0.15) is 77.7 Å². The van der Waals surface area contributed by atoms with E-state index in [9.17, 15) is 0 Å². The van der Waals surface area contributed by atoms with Gasteiger partial charge in [0, 0.05) is 6.61 Å². The highest BCUT2D eigenvalue weighted by atomic mass is 16.5. The predicted molar refractivity (Wildman–Crippen MR) is 125 cm³/mol. The fraction of sp³-hybridized carbons (Fsp3) is 0.556.